The fourth-order valence-electron chi connectivity index (χ4n) is 2.36. The predicted octanol–water partition coefficient (Wildman–Crippen LogP) is 3.56. The van der Waals surface area contributed by atoms with E-state index in [0.717, 1.165) is 22.9 Å². The highest BCUT2D eigenvalue weighted by Gasteiger charge is 2.33. The summed E-state index contributed by atoms with van der Waals surface area (Å²) in [5, 5.41) is 5.60. The lowest BCUT2D eigenvalue weighted by Crippen LogP contribution is -2.24. The molecule has 0 aliphatic heterocycles. The van der Waals surface area contributed by atoms with Crippen molar-refractivity contribution in [2.24, 2.45) is 10.7 Å². The van der Waals surface area contributed by atoms with E-state index in [-0.39, 0.29) is 24.9 Å². The minimum absolute atomic E-state index is 0.176. The molecule has 0 saturated carbocycles. The molecule has 4 N–H and O–H groups in total. The van der Waals surface area contributed by atoms with E-state index in [1.165, 1.54) is 12.3 Å². The van der Waals surface area contributed by atoms with Gasteiger partial charge in [0, 0.05) is 18.4 Å². The molecule has 0 radical (unpaired) electrons. The first kappa shape index (κ1) is 18.6. The third kappa shape index (κ3) is 5.66. The van der Waals surface area contributed by atoms with Crippen molar-refractivity contribution in [3.05, 3.63) is 53.2 Å². The van der Waals surface area contributed by atoms with E-state index in [1.807, 2.05) is 32.0 Å². The number of benzene rings is 1. The average Bonchev–Trinajstić information content (AvgIpc) is 2.50. The van der Waals surface area contributed by atoms with Crippen LogP contribution in [0.2, 0.25) is 0 Å². The molecular formula is C17H20F3N5. The third-order valence-electron chi connectivity index (χ3n) is 3.29. The number of guanidine groups is 1. The van der Waals surface area contributed by atoms with Crippen molar-refractivity contribution in [2.45, 2.75) is 20.0 Å². The number of aliphatic imine (C=N–C) groups is 1. The molecule has 25 heavy (non-hydrogen) atoms. The lowest BCUT2D eigenvalue weighted by molar-refractivity contribution is -0.137. The van der Waals surface area contributed by atoms with Crippen molar-refractivity contribution in [1.82, 2.24) is 4.98 Å². The zero-order valence-electron chi connectivity index (χ0n) is 14.0. The highest BCUT2D eigenvalue weighted by Crippen LogP contribution is 2.33. The maximum atomic E-state index is 12.9. The summed E-state index contributed by atoms with van der Waals surface area (Å²) < 4.78 is 38.6. The van der Waals surface area contributed by atoms with E-state index in [0.29, 0.717) is 0 Å². The summed E-state index contributed by atoms with van der Waals surface area (Å²) in [6.07, 6.45) is -3.15. The number of alkyl halides is 3. The zero-order chi connectivity index (χ0) is 18.4. The van der Waals surface area contributed by atoms with Crippen LogP contribution in [0.15, 0.2) is 41.5 Å². The SMILES string of the molecule is Cc1cc(C)cc(NC(N)=NCCNc2ncccc2C(F)(F)F)c1. The van der Waals surface area contributed by atoms with Crippen LogP contribution in [0.3, 0.4) is 0 Å². The van der Waals surface area contributed by atoms with E-state index >= 15 is 0 Å². The number of nitrogens with two attached hydrogens (primary N) is 1. The number of pyridine rings is 1. The van der Waals surface area contributed by atoms with Gasteiger partial charge in [0.1, 0.15) is 5.82 Å². The largest absolute Gasteiger partial charge is 0.419 e. The van der Waals surface area contributed by atoms with Crippen molar-refractivity contribution in [2.75, 3.05) is 23.7 Å². The molecule has 1 heterocycles. The molecular weight excluding hydrogens is 331 g/mol. The Morgan fingerprint density at radius 2 is 1.88 bits per heavy atom. The van der Waals surface area contributed by atoms with Crippen molar-refractivity contribution in [3.63, 3.8) is 0 Å². The van der Waals surface area contributed by atoms with Crippen molar-refractivity contribution >= 4 is 17.5 Å². The van der Waals surface area contributed by atoms with Gasteiger partial charge in [-0.2, -0.15) is 13.2 Å². The lowest BCUT2D eigenvalue weighted by Gasteiger charge is -2.12. The van der Waals surface area contributed by atoms with Crippen LogP contribution in [0.1, 0.15) is 16.7 Å². The predicted molar refractivity (Wildman–Crippen MR) is 93.8 cm³/mol. The molecule has 134 valence electrons. The first-order valence-corrected chi connectivity index (χ1v) is 7.67. The van der Waals surface area contributed by atoms with Crippen LogP contribution in [-0.2, 0) is 6.18 Å². The van der Waals surface area contributed by atoms with Crippen LogP contribution in [0, 0.1) is 13.8 Å². The van der Waals surface area contributed by atoms with Crippen molar-refractivity contribution in [1.29, 1.82) is 0 Å². The Bertz CT molecular complexity index is 736. The number of aryl methyl sites for hydroxylation is 2. The second-order valence-electron chi connectivity index (χ2n) is 5.59. The molecule has 2 rings (SSSR count). The standard InChI is InChI=1S/C17H20F3N5/c1-11-8-12(2)10-13(9-11)25-16(21)24-7-6-23-15-14(17(18,19)20)4-3-5-22-15/h3-5,8-10H,6-7H2,1-2H3,(H,22,23)(H3,21,24,25). The molecule has 1 aromatic heterocycles. The number of nitrogens with zero attached hydrogens (tertiary/aromatic N) is 2. The summed E-state index contributed by atoms with van der Waals surface area (Å²) in [4.78, 5) is 7.82. The molecule has 0 saturated heterocycles. The Balaban J connectivity index is 1.91. The van der Waals surface area contributed by atoms with Crippen LogP contribution < -0.4 is 16.4 Å². The maximum absolute atomic E-state index is 12.9. The normalized spacial score (nSPS) is 12.1. The van der Waals surface area contributed by atoms with E-state index < -0.39 is 11.7 Å². The smallest absolute Gasteiger partial charge is 0.370 e. The average molecular weight is 351 g/mol. The first-order valence-electron chi connectivity index (χ1n) is 7.67. The van der Waals surface area contributed by atoms with Crippen molar-refractivity contribution < 1.29 is 13.2 Å². The van der Waals surface area contributed by atoms with Gasteiger partial charge in [0.2, 0.25) is 0 Å². The number of rotatable bonds is 5. The molecule has 8 heteroatoms. The second kappa shape index (κ2) is 7.87. The zero-order valence-corrected chi connectivity index (χ0v) is 14.0. The fraction of sp³-hybridized carbons (Fsp3) is 0.294. The minimum atomic E-state index is -4.45. The highest BCUT2D eigenvalue weighted by atomic mass is 19.4. The second-order valence-corrected chi connectivity index (χ2v) is 5.59. The van der Waals surface area contributed by atoms with E-state index in [1.54, 1.807) is 0 Å². The van der Waals surface area contributed by atoms with Gasteiger partial charge in [-0.15, -0.1) is 0 Å². The number of halogens is 3. The number of anilines is 2. The highest BCUT2D eigenvalue weighted by molar-refractivity contribution is 5.92. The van der Waals surface area contributed by atoms with Gasteiger partial charge >= 0.3 is 6.18 Å². The summed E-state index contributed by atoms with van der Waals surface area (Å²) in [6, 6.07) is 8.12. The summed E-state index contributed by atoms with van der Waals surface area (Å²) in [7, 11) is 0. The molecule has 1 aromatic carbocycles. The number of hydrogen-bond donors (Lipinski definition) is 3. The van der Waals surface area contributed by atoms with E-state index in [2.05, 4.69) is 20.6 Å². The topological polar surface area (TPSA) is 75.3 Å². The van der Waals surface area contributed by atoms with Crippen LogP contribution in [0.5, 0.6) is 0 Å². The number of aromatic nitrogens is 1. The Labute approximate surface area is 144 Å². The quantitative estimate of drug-likeness (QED) is 0.437. The van der Waals surface area contributed by atoms with Gasteiger partial charge in [-0.3, -0.25) is 4.99 Å². The molecule has 0 atom stereocenters. The molecule has 5 nitrogen and oxygen atoms in total. The molecule has 2 aromatic rings. The van der Waals surface area contributed by atoms with E-state index in [4.69, 9.17) is 5.73 Å². The van der Waals surface area contributed by atoms with Gasteiger partial charge in [-0.05, 0) is 49.2 Å². The van der Waals surface area contributed by atoms with Crippen LogP contribution in [-0.4, -0.2) is 24.0 Å². The third-order valence-corrected chi connectivity index (χ3v) is 3.29. The van der Waals surface area contributed by atoms with Crippen LogP contribution >= 0.6 is 0 Å². The molecule has 0 amide bonds. The van der Waals surface area contributed by atoms with Gasteiger partial charge in [-0.1, -0.05) is 6.07 Å². The Kier molecular flexibility index (Phi) is 5.84. The minimum Gasteiger partial charge on any atom is -0.370 e. The van der Waals surface area contributed by atoms with E-state index in [9.17, 15) is 13.2 Å². The molecule has 0 fully saturated rings. The number of hydrogen-bond acceptors (Lipinski definition) is 3. The Morgan fingerprint density at radius 1 is 1.20 bits per heavy atom. The first-order chi connectivity index (χ1) is 11.8. The number of nitrogens with one attached hydrogen (secondary N) is 2. The lowest BCUT2D eigenvalue weighted by atomic mass is 10.1. The molecule has 0 spiro atoms. The van der Waals surface area contributed by atoms with Crippen LogP contribution in [0.25, 0.3) is 0 Å². The molecule has 0 aliphatic carbocycles. The van der Waals surface area contributed by atoms with Gasteiger partial charge in [-0.25, -0.2) is 4.98 Å². The molecule has 0 unspecified atom stereocenters. The molecule has 0 bridgehead atoms. The Morgan fingerprint density at radius 3 is 2.52 bits per heavy atom. The van der Waals surface area contributed by atoms with Gasteiger partial charge < -0.3 is 16.4 Å². The summed E-state index contributed by atoms with van der Waals surface area (Å²) in [6.45, 7) is 4.33. The van der Waals surface area contributed by atoms with Crippen molar-refractivity contribution in [3.8, 4) is 0 Å². The Hall–Kier alpha value is -2.77. The van der Waals surface area contributed by atoms with Gasteiger partial charge in [0.25, 0.3) is 0 Å². The summed E-state index contributed by atoms with van der Waals surface area (Å²) in [5.74, 6) is -0.0186. The van der Waals surface area contributed by atoms with Gasteiger partial charge in [0.05, 0.1) is 12.1 Å². The maximum Gasteiger partial charge on any atom is 0.419 e. The summed E-state index contributed by atoms with van der Waals surface area (Å²) in [5.41, 5.74) is 7.99. The summed E-state index contributed by atoms with van der Waals surface area (Å²) >= 11 is 0. The monoisotopic (exact) mass is 351 g/mol. The molecule has 0 aliphatic rings. The van der Waals surface area contributed by atoms with Gasteiger partial charge in [0.15, 0.2) is 5.96 Å². The van der Waals surface area contributed by atoms with Crippen LogP contribution in [0.4, 0.5) is 24.7 Å². The fourth-order valence-corrected chi connectivity index (χ4v) is 2.36.